The topological polar surface area (TPSA) is 173 Å². The maximum atomic E-state index is 9.90. The van der Waals surface area contributed by atoms with Gasteiger partial charge in [0.25, 0.3) is 0 Å². The first-order valence-corrected chi connectivity index (χ1v) is 6.75. The summed E-state index contributed by atoms with van der Waals surface area (Å²) in [5.41, 5.74) is 0. The first kappa shape index (κ1) is 25.3. The van der Waals surface area contributed by atoms with E-state index in [1.807, 2.05) is 6.92 Å². The van der Waals surface area contributed by atoms with Crippen molar-refractivity contribution in [1.82, 2.24) is 0 Å². The van der Waals surface area contributed by atoms with Gasteiger partial charge in [0.15, 0.2) is 6.29 Å². The first-order valence-electron chi connectivity index (χ1n) is 6.75. The van der Waals surface area contributed by atoms with Gasteiger partial charge in [-0.15, -0.1) is 0 Å². The Hall–Kier alpha value is -1.71. The van der Waals surface area contributed by atoms with Crippen molar-refractivity contribution in [3.05, 3.63) is 0 Å². The smallest absolute Gasteiger partial charge is 0.332 e. The van der Waals surface area contributed by atoms with Gasteiger partial charge in [0, 0.05) is 12.8 Å². The normalized spacial score (nSPS) is 10.6. The van der Waals surface area contributed by atoms with Crippen molar-refractivity contribution in [2.75, 3.05) is 0 Å². The van der Waals surface area contributed by atoms with Gasteiger partial charge in [0.05, 0.1) is 0 Å². The molecule has 0 aliphatic heterocycles. The summed E-state index contributed by atoms with van der Waals surface area (Å²) in [4.78, 5) is 29.2. The summed E-state index contributed by atoms with van der Waals surface area (Å²) in [5.74, 6) is -2.93. The highest BCUT2D eigenvalue weighted by atomic mass is 16.5. The molecule has 0 aromatic rings. The molecule has 0 aliphatic rings. The zero-order valence-electron chi connectivity index (χ0n) is 12.8. The number of carboxylic acid groups (broad SMARTS) is 3. The minimum atomic E-state index is -1.23. The number of hydrogen-bond acceptors (Lipinski definition) is 6. The average molecular weight is 326 g/mol. The summed E-state index contributed by atoms with van der Waals surface area (Å²) in [7, 11) is 0. The maximum Gasteiger partial charge on any atom is 0.332 e. The molecule has 6 N–H and O–H groups in total. The van der Waals surface area contributed by atoms with Crippen LogP contribution in [-0.2, 0) is 14.4 Å². The number of aliphatic carboxylic acids is 3. The van der Waals surface area contributed by atoms with Crippen LogP contribution in [0.25, 0.3) is 0 Å². The molecule has 132 valence electrons. The monoisotopic (exact) mass is 326 g/mol. The Labute approximate surface area is 128 Å². The molecule has 1 atom stereocenters. The molecule has 0 fully saturated rings. The van der Waals surface area contributed by atoms with Gasteiger partial charge in [-0.1, -0.05) is 13.3 Å². The lowest BCUT2D eigenvalue weighted by Gasteiger charge is -1.94. The Morgan fingerprint density at radius 2 is 1.18 bits per heavy atom. The van der Waals surface area contributed by atoms with E-state index in [0.29, 0.717) is 19.3 Å². The van der Waals surface area contributed by atoms with Crippen LogP contribution in [0.15, 0.2) is 0 Å². The lowest BCUT2D eigenvalue weighted by Crippen LogP contribution is -2.13. The minimum Gasteiger partial charge on any atom is -0.481 e. The molecule has 0 heterocycles. The van der Waals surface area contributed by atoms with Crippen LogP contribution in [0.1, 0.15) is 52.4 Å². The van der Waals surface area contributed by atoms with Gasteiger partial charge in [-0.3, -0.25) is 9.59 Å². The molecule has 9 heteroatoms. The Bertz CT molecular complexity index is 284. The van der Waals surface area contributed by atoms with Gasteiger partial charge in [-0.05, 0) is 26.2 Å². The molecule has 9 nitrogen and oxygen atoms in total. The molecule has 1 unspecified atom stereocenters. The Morgan fingerprint density at radius 3 is 1.27 bits per heavy atom. The fraction of sp³-hybridized carbons (Fsp3) is 0.769. The highest BCUT2D eigenvalue weighted by Crippen LogP contribution is 1.98. The summed E-state index contributed by atoms with van der Waals surface area (Å²) in [6, 6.07) is 0. The van der Waals surface area contributed by atoms with Crippen LogP contribution in [0.3, 0.4) is 0 Å². The number of unbranched alkanes of at least 4 members (excludes halogenated alkanes) is 1. The predicted octanol–water partition coefficient (Wildman–Crippen LogP) is 0.265. The van der Waals surface area contributed by atoms with Crippen molar-refractivity contribution in [3.8, 4) is 0 Å². The van der Waals surface area contributed by atoms with E-state index in [0.717, 1.165) is 6.42 Å². The second kappa shape index (κ2) is 17.3. The summed E-state index contributed by atoms with van der Waals surface area (Å²) in [5, 5.41) is 48.2. The maximum absolute atomic E-state index is 9.90. The molecule has 0 rings (SSSR count). The molecule has 0 spiro atoms. The molecular weight excluding hydrogens is 300 g/mol. The van der Waals surface area contributed by atoms with Crippen LogP contribution in [0.4, 0.5) is 0 Å². The molecule has 0 amide bonds. The van der Waals surface area contributed by atoms with Crippen LogP contribution < -0.4 is 0 Å². The molecule has 0 radical (unpaired) electrons. The van der Waals surface area contributed by atoms with Crippen molar-refractivity contribution in [1.29, 1.82) is 0 Å². The molecule has 22 heavy (non-hydrogen) atoms. The largest absolute Gasteiger partial charge is 0.481 e. The number of rotatable bonds is 8. The Balaban J connectivity index is -0.000000261. The van der Waals surface area contributed by atoms with Crippen LogP contribution in [0.2, 0.25) is 0 Å². The van der Waals surface area contributed by atoms with Crippen LogP contribution >= 0.6 is 0 Å². The van der Waals surface area contributed by atoms with E-state index in [9.17, 15) is 14.4 Å². The van der Waals surface area contributed by atoms with E-state index in [2.05, 4.69) is 0 Å². The first-order chi connectivity index (χ1) is 10.0. The van der Waals surface area contributed by atoms with Gasteiger partial charge in [-0.25, -0.2) is 4.79 Å². The number of carbonyl (C=O) groups is 3. The molecule has 0 aromatic heterocycles. The Morgan fingerprint density at radius 1 is 0.864 bits per heavy atom. The minimum absolute atomic E-state index is 0.0628. The number of carboxylic acids is 3. The van der Waals surface area contributed by atoms with E-state index < -0.39 is 30.3 Å². The van der Waals surface area contributed by atoms with Gasteiger partial charge < -0.3 is 30.6 Å². The zero-order valence-corrected chi connectivity index (χ0v) is 12.8. The van der Waals surface area contributed by atoms with Crippen molar-refractivity contribution in [2.45, 2.75) is 64.8 Å². The second-order valence-corrected chi connectivity index (χ2v) is 4.28. The van der Waals surface area contributed by atoms with Gasteiger partial charge >= 0.3 is 17.9 Å². The molecule has 0 aromatic carbocycles. The summed E-state index contributed by atoms with van der Waals surface area (Å²) < 4.78 is 0. The highest BCUT2D eigenvalue weighted by Gasteiger charge is 2.01. The highest BCUT2D eigenvalue weighted by molar-refractivity contribution is 5.71. The van der Waals surface area contributed by atoms with Crippen molar-refractivity contribution < 1.29 is 45.0 Å². The van der Waals surface area contributed by atoms with E-state index in [1.54, 1.807) is 0 Å². The Kier molecular flexibility index (Phi) is 19.9. The third-order valence-corrected chi connectivity index (χ3v) is 1.94. The van der Waals surface area contributed by atoms with E-state index in [4.69, 9.17) is 30.6 Å². The summed E-state index contributed by atoms with van der Waals surface area (Å²) in [6.45, 7) is 3.10. The van der Waals surface area contributed by atoms with E-state index in [1.165, 1.54) is 6.92 Å². The zero-order chi connectivity index (χ0) is 18.1. The quantitative estimate of drug-likeness (QED) is 0.270. The summed E-state index contributed by atoms with van der Waals surface area (Å²) in [6.07, 6.45) is 0.00148. The third-order valence-electron chi connectivity index (χ3n) is 1.94. The van der Waals surface area contributed by atoms with Gasteiger partial charge in [0.2, 0.25) is 0 Å². The molecule has 0 aliphatic carbocycles. The van der Waals surface area contributed by atoms with Crippen molar-refractivity contribution >= 4 is 17.9 Å². The SMILES string of the molecule is CC(O)C(=O)O.CCCC(O)O.O=C(O)CCCCC(=O)O. The van der Waals surface area contributed by atoms with Crippen LogP contribution in [0.5, 0.6) is 0 Å². The summed E-state index contributed by atoms with van der Waals surface area (Å²) >= 11 is 0. The number of aliphatic hydroxyl groups excluding tert-OH is 2. The average Bonchev–Trinajstić information content (AvgIpc) is 2.35. The standard InChI is InChI=1S/C6H10O4.C4H10O2.C3H6O3/c7-5(8)3-1-2-4-6(9)10;1-2-3-4(5)6;1-2(4)3(5)6/h1-4H2,(H,7,8)(H,9,10);4-6H,2-3H2,1H3;2,4H,1H3,(H,5,6). The van der Waals surface area contributed by atoms with Gasteiger partial charge in [0.1, 0.15) is 6.10 Å². The van der Waals surface area contributed by atoms with Crippen molar-refractivity contribution in [3.63, 3.8) is 0 Å². The number of aliphatic hydroxyl groups is 3. The molecular formula is C13H26O9. The van der Waals surface area contributed by atoms with E-state index in [-0.39, 0.29) is 12.8 Å². The lowest BCUT2D eigenvalue weighted by atomic mass is 10.2. The molecule has 0 saturated heterocycles. The third kappa shape index (κ3) is 36.2. The predicted molar refractivity (Wildman–Crippen MR) is 76.2 cm³/mol. The second-order valence-electron chi connectivity index (χ2n) is 4.28. The van der Waals surface area contributed by atoms with Gasteiger partial charge in [-0.2, -0.15) is 0 Å². The molecule has 0 bridgehead atoms. The fourth-order valence-corrected chi connectivity index (χ4v) is 0.811. The lowest BCUT2D eigenvalue weighted by molar-refractivity contribution is -0.145. The number of hydrogen-bond donors (Lipinski definition) is 6. The van der Waals surface area contributed by atoms with Crippen LogP contribution in [0, 0.1) is 0 Å². The van der Waals surface area contributed by atoms with Crippen LogP contribution in [-0.4, -0.2) is 60.9 Å². The molecule has 0 saturated carbocycles. The fourth-order valence-electron chi connectivity index (χ4n) is 0.811. The van der Waals surface area contributed by atoms with E-state index >= 15 is 0 Å². The van der Waals surface area contributed by atoms with Crippen molar-refractivity contribution in [2.24, 2.45) is 0 Å².